The molecule has 0 aliphatic carbocycles. The molecule has 0 radical (unpaired) electrons. The van der Waals surface area contributed by atoms with Crippen molar-refractivity contribution in [3.63, 3.8) is 0 Å². The second kappa shape index (κ2) is 8.71. The summed E-state index contributed by atoms with van der Waals surface area (Å²) in [5.41, 5.74) is 8.03. The van der Waals surface area contributed by atoms with Crippen LogP contribution >= 0.6 is 0 Å². The fourth-order valence-corrected chi connectivity index (χ4v) is 3.25. The van der Waals surface area contributed by atoms with Gasteiger partial charge >= 0.3 is 0 Å². The van der Waals surface area contributed by atoms with Crippen molar-refractivity contribution in [2.24, 2.45) is 0 Å². The van der Waals surface area contributed by atoms with Crippen LogP contribution in [0.25, 0.3) is 16.8 Å². The molecule has 0 bridgehead atoms. The van der Waals surface area contributed by atoms with E-state index in [4.69, 9.17) is 0 Å². The molecule has 154 valence electrons. The number of nitrogens with zero attached hydrogens (tertiary/aromatic N) is 3. The van der Waals surface area contributed by atoms with Crippen LogP contribution in [0.15, 0.2) is 104 Å². The number of rotatable bonds is 8. The Labute approximate surface area is 182 Å². The molecule has 2 aromatic heterocycles. The van der Waals surface area contributed by atoms with Gasteiger partial charge in [0, 0.05) is 35.3 Å². The Bertz CT molecular complexity index is 1250. The fourth-order valence-electron chi connectivity index (χ4n) is 3.25. The van der Waals surface area contributed by atoms with Crippen molar-refractivity contribution in [1.82, 2.24) is 14.6 Å². The zero-order chi connectivity index (χ0) is 21.8. The van der Waals surface area contributed by atoms with Crippen molar-refractivity contribution in [2.45, 2.75) is 13.3 Å². The van der Waals surface area contributed by atoms with E-state index < -0.39 is 0 Å². The van der Waals surface area contributed by atoms with Gasteiger partial charge in [0.1, 0.15) is 0 Å². The third-order valence-corrected chi connectivity index (χ3v) is 4.93. The van der Waals surface area contributed by atoms with Crippen LogP contribution in [-0.4, -0.2) is 14.6 Å². The lowest BCUT2D eigenvalue weighted by Gasteiger charge is -2.11. The predicted molar refractivity (Wildman–Crippen MR) is 129 cm³/mol. The first-order chi connectivity index (χ1) is 15.0. The summed E-state index contributed by atoms with van der Waals surface area (Å²) in [4.78, 5) is 4.43. The first kappa shape index (κ1) is 20.2. The van der Waals surface area contributed by atoms with Crippen LogP contribution in [0.4, 0.5) is 11.6 Å². The lowest BCUT2D eigenvalue weighted by Crippen LogP contribution is -2.01. The maximum Gasteiger partial charge on any atom is 0.247 e. The topological polar surface area (TPSA) is 54.2 Å². The second-order valence-corrected chi connectivity index (χ2v) is 7.48. The molecule has 4 rings (SSSR count). The van der Waals surface area contributed by atoms with Crippen LogP contribution in [0.3, 0.4) is 0 Å². The standard InChI is InChI=1S/C26H25N5/c1-5-19(3)28-26-29-25-15-12-23(17-31(25)30-26)22-10-13-24(14-11-22)27-20(4)16-21-8-6-18(2)7-9-21/h5-15,17,27H,1,3-4,16H2,2H3,(H,28,30). The van der Waals surface area contributed by atoms with Gasteiger partial charge in [-0.2, -0.15) is 4.98 Å². The van der Waals surface area contributed by atoms with Crippen LogP contribution in [0, 0.1) is 6.92 Å². The van der Waals surface area contributed by atoms with Crippen molar-refractivity contribution < 1.29 is 0 Å². The Hall–Kier alpha value is -4.12. The van der Waals surface area contributed by atoms with E-state index in [-0.39, 0.29) is 0 Å². The predicted octanol–water partition coefficient (Wildman–Crippen LogP) is 5.98. The summed E-state index contributed by atoms with van der Waals surface area (Å²) >= 11 is 0. The van der Waals surface area contributed by atoms with E-state index in [0.29, 0.717) is 11.6 Å². The molecule has 0 fully saturated rings. The zero-order valence-corrected chi connectivity index (χ0v) is 17.6. The number of pyridine rings is 1. The highest BCUT2D eigenvalue weighted by Gasteiger charge is 2.06. The Morgan fingerprint density at radius 2 is 1.65 bits per heavy atom. The van der Waals surface area contributed by atoms with E-state index in [1.807, 2.05) is 18.3 Å². The monoisotopic (exact) mass is 407 g/mol. The quantitative estimate of drug-likeness (QED) is 0.353. The van der Waals surface area contributed by atoms with Gasteiger partial charge < -0.3 is 10.6 Å². The Balaban J connectivity index is 1.45. The van der Waals surface area contributed by atoms with E-state index in [0.717, 1.165) is 34.6 Å². The molecule has 0 spiro atoms. The molecule has 0 saturated carbocycles. The average Bonchev–Trinajstić information content (AvgIpc) is 3.17. The number of aromatic nitrogens is 3. The van der Waals surface area contributed by atoms with Gasteiger partial charge in [-0.3, -0.25) is 0 Å². The number of anilines is 2. The summed E-state index contributed by atoms with van der Waals surface area (Å²) < 4.78 is 1.75. The average molecular weight is 408 g/mol. The molecule has 0 aliphatic rings. The van der Waals surface area contributed by atoms with Gasteiger partial charge in [0.05, 0.1) is 0 Å². The molecule has 5 nitrogen and oxygen atoms in total. The smallest absolute Gasteiger partial charge is 0.247 e. The number of hydrogen-bond acceptors (Lipinski definition) is 4. The molecule has 2 aromatic carbocycles. The van der Waals surface area contributed by atoms with Gasteiger partial charge in [0.25, 0.3) is 0 Å². The first-order valence-electron chi connectivity index (χ1n) is 10.1. The van der Waals surface area contributed by atoms with Gasteiger partial charge in [-0.25, -0.2) is 4.52 Å². The van der Waals surface area contributed by atoms with E-state index in [9.17, 15) is 0 Å². The van der Waals surface area contributed by atoms with Crippen molar-refractivity contribution in [3.05, 3.63) is 115 Å². The zero-order valence-electron chi connectivity index (χ0n) is 17.6. The van der Waals surface area contributed by atoms with Crippen LogP contribution < -0.4 is 10.6 Å². The Morgan fingerprint density at radius 1 is 0.935 bits per heavy atom. The molecule has 4 aromatic rings. The number of fused-ring (bicyclic) bond motifs is 1. The Morgan fingerprint density at radius 3 is 2.35 bits per heavy atom. The third-order valence-electron chi connectivity index (χ3n) is 4.93. The second-order valence-electron chi connectivity index (χ2n) is 7.48. The van der Waals surface area contributed by atoms with Gasteiger partial charge in [-0.15, -0.1) is 5.10 Å². The van der Waals surface area contributed by atoms with Crippen molar-refractivity contribution in [3.8, 4) is 11.1 Å². The molecular formula is C26H25N5. The number of nitrogens with one attached hydrogen (secondary N) is 2. The highest BCUT2D eigenvalue weighted by molar-refractivity contribution is 5.67. The van der Waals surface area contributed by atoms with E-state index >= 15 is 0 Å². The minimum Gasteiger partial charge on any atom is -0.359 e. The van der Waals surface area contributed by atoms with Crippen LogP contribution in [0.1, 0.15) is 11.1 Å². The molecule has 2 N–H and O–H groups in total. The summed E-state index contributed by atoms with van der Waals surface area (Å²) in [6, 6.07) is 20.8. The van der Waals surface area contributed by atoms with Gasteiger partial charge in [0.2, 0.25) is 5.95 Å². The fraction of sp³-hybridized carbons (Fsp3) is 0.0769. The van der Waals surface area contributed by atoms with Crippen molar-refractivity contribution in [2.75, 3.05) is 10.6 Å². The van der Waals surface area contributed by atoms with Crippen molar-refractivity contribution >= 4 is 17.3 Å². The lowest BCUT2D eigenvalue weighted by molar-refractivity contribution is 0.965. The van der Waals surface area contributed by atoms with E-state index in [1.165, 1.54) is 11.1 Å². The maximum atomic E-state index is 4.45. The molecule has 2 heterocycles. The molecule has 0 saturated heterocycles. The van der Waals surface area contributed by atoms with Crippen molar-refractivity contribution in [1.29, 1.82) is 0 Å². The largest absolute Gasteiger partial charge is 0.359 e. The third kappa shape index (κ3) is 4.90. The molecule has 5 heteroatoms. The molecule has 0 atom stereocenters. The normalized spacial score (nSPS) is 10.6. The molecule has 31 heavy (non-hydrogen) atoms. The number of hydrogen-bond donors (Lipinski definition) is 2. The SMILES string of the molecule is C=CC(=C)Nc1nc2ccc(-c3ccc(NC(=C)Cc4ccc(C)cc4)cc3)cn2n1. The van der Waals surface area contributed by atoms with Crippen LogP contribution in [-0.2, 0) is 6.42 Å². The summed E-state index contributed by atoms with van der Waals surface area (Å²) in [7, 11) is 0. The number of allylic oxidation sites excluding steroid dienone is 2. The van der Waals surface area contributed by atoms with Gasteiger partial charge in [-0.05, 0) is 48.4 Å². The van der Waals surface area contributed by atoms with Gasteiger partial charge in [-0.1, -0.05) is 61.7 Å². The highest BCUT2D eigenvalue weighted by atomic mass is 15.3. The van der Waals surface area contributed by atoms with Crippen LogP contribution in [0.2, 0.25) is 0 Å². The van der Waals surface area contributed by atoms with Crippen LogP contribution in [0.5, 0.6) is 0 Å². The van der Waals surface area contributed by atoms with E-state index in [1.54, 1.807) is 10.6 Å². The lowest BCUT2D eigenvalue weighted by atomic mass is 10.1. The minimum atomic E-state index is 0.494. The molecule has 0 unspecified atom stereocenters. The minimum absolute atomic E-state index is 0.494. The molecule has 0 aliphatic heterocycles. The first-order valence-corrected chi connectivity index (χ1v) is 10.1. The number of benzene rings is 2. The van der Waals surface area contributed by atoms with E-state index in [2.05, 4.69) is 95.9 Å². The molecule has 0 amide bonds. The maximum absolute atomic E-state index is 4.45. The summed E-state index contributed by atoms with van der Waals surface area (Å²) in [6.45, 7) is 13.8. The summed E-state index contributed by atoms with van der Waals surface area (Å²) in [5.74, 6) is 0.494. The number of aryl methyl sites for hydroxylation is 1. The summed E-state index contributed by atoms with van der Waals surface area (Å²) in [5, 5.41) is 10.9. The molecular weight excluding hydrogens is 382 g/mol. The Kier molecular flexibility index (Phi) is 5.67. The van der Waals surface area contributed by atoms with Gasteiger partial charge in [0.15, 0.2) is 5.65 Å². The summed E-state index contributed by atoms with van der Waals surface area (Å²) in [6.07, 6.45) is 4.38. The highest BCUT2D eigenvalue weighted by Crippen LogP contribution is 2.23.